The zero-order valence-electron chi connectivity index (χ0n) is 10.6. The molecule has 5 nitrogen and oxygen atoms in total. The standard InChI is InChI=1S/C12H14ClIN4O/c1-18(2)6-10(15)11-16-12(19-17-11)8-5-7(13)3-4-9(8)14/h3-5,10H,6,15H2,1-2H3. The summed E-state index contributed by atoms with van der Waals surface area (Å²) in [5.74, 6) is 0.940. The summed E-state index contributed by atoms with van der Waals surface area (Å²) in [6.07, 6.45) is 0. The Bertz CT molecular complexity index is 573. The SMILES string of the molecule is CN(C)CC(N)c1noc(-c2cc(Cl)ccc2I)n1. The molecule has 1 aromatic heterocycles. The van der Waals surface area contributed by atoms with E-state index in [9.17, 15) is 0 Å². The summed E-state index contributed by atoms with van der Waals surface area (Å²) >= 11 is 8.18. The van der Waals surface area contributed by atoms with Crippen LogP contribution in [0.4, 0.5) is 0 Å². The van der Waals surface area contributed by atoms with E-state index < -0.39 is 0 Å². The zero-order valence-corrected chi connectivity index (χ0v) is 13.5. The first-order valence-electron chi connectivity index (χ1n) is 5.66. The molecule has 7 heteroatoms. The summed E-state index contributed by atoms with van der Waals surface area (Å²) in [6, 6.07) is 5.26. The Morgan fingerprint density at radius 1 is 1.47 bits per heavy atom. The van der Waals surface area contributed by atoms with Gasteiger partial charge >= 0.3 is 0 Å². The van der Waals surface area contributed by atoms with E-state index in [0.29, 0.717) is 23.3 Å². The van der Waals surface area contributed by atoms with Gasteiger partial charge in [0, 0.05) is 15.1 Å². The van der Waals surface area contributed by atoms with Gasteiger partial charge in [-0.05, 0) is 54.9 Å². The van der Waals surface area contributed by atoms with Gasteiger partial charge in [0.05, 0.1) is 11.6 Å². The van der Waals surface area contributed by atoms with Crippen molar-refractivity contribution in [3.8, 4) is 11.5 Å². The molecule has 19 heavy (non-hydrogen) atoms. The first kappa shape index (κ1) is 14.7. The molecule has 1 heterocycles. The smallest absolute Gasteiger partial charge is 0.259 e. The summed E-state index contributed by atoms with van der Waals surface area (Å²) in [6.45, 7) is 0.658. The Morgan fingerprint density at radius 3 is 2.89 bits per heavy atom. The van der Waals surface area contributed by atoms with Gasteiger partial charge in [0.25, 0.3) is 5.89 Å². The molecule has 2 aromatic rings. The highest BCUT2D eigenvalue weighted by atomic mass is 127. The van der Waals surface area contributed by atoms with Gasteiger partial charge in [0.2, 0.25) is 0 Å². The second-order valence-corrected chi connectivity index (χ2v) is 6.05. The van der Waals surface area contributed by atoms with E-state index in [-0.39, 0.29) is 6.04 Å². The molecule has 0 saturated carbocycles. The summed E-state index contributed by atoms with van der Waals surface area (Å²) in [7, 11) is 3.89. The van der Waals surface area contributed by atoms with E-state index >= 15 is 0 Å². The number of aromatic nitrogens is 2. The fourth-order valence-electron chi connectivity index (χ4n) is 1.63. The van der Waals surface area contributed by atoms with Gasteiger partial charge in [-0.15, -0.1) is 0 Å². The fraction of sp³-hybridized carbons (Fsp3) is 0.333. The Kier molecular flexibility index (Phi) is 4.77. The van der Waals surface area contributed by atoms with Crippen LogP contribution in [0.1, 0.15) is 11.9 Å². The molecule has 2 rings (SSSR count). The highest BCUT2D eigenvalue weighted by Crippen LogP contribution is 2.27. The van der Waals surface area contributed by atoms with E-state index in [1.54, 1.807) is 6.07 Å². The number of hydrogen-bond acceptors (Lipinski definition) is 5. The summed E-state index contributed by atoms with van der Waals surface area (Å²) in [5, 5.41) is 4.56. The second kappa shape index (κ2) is 6.17. The van der Waals surface area contributed by atoms with Crippen molar-refractivity contribution in [1.29, 1.82) is 0 Å². The lowest BCUT2D eigenvalue weighted by molar-refractivity contribution is 0.357. The third-order valence-corrected chi connectivity index (χ3v) is 3.67. The van der Waals surface area contributed by atoms with Crippen LogP contribution in [0.3, 0.4) is 0 Å². The number of likely N-dealkylation sites (N-methyl/N-ethyl adjacent to an activating group) is 1. The summed E-state index contributed by atoms with van der Waals surface area (Å²) < 4.78 is 6.26. The lowest BCUT2D eigenvalue weighted by Gasteiger charge is -2.12. The minimum Gasteiger partial charge on any atom is -0.334 e. The molecule has 0 aliphatic carbocycles. The summed E-state index contributed by atoms with van der Waals surface area (Å²) in [4.78, 5) is 6.32. The van der Waals surface area contributed by atoms with Crippen LogP contribution in [0.15, 0.2) is 22.7 Å². The number of halogens is 2. The Hall–Kier alpha value is -0.700. The van der Waals surface area contributed by atoms with Gasteiger partial charge in [0.15, 0.2) is 5.82 Å². The van der Waals surface area contributed by atoms with Crippen LogP contribution in [0, 0.1) is 3.57 Å². The molecule has 0 bridgehead atoms. The molecule has 0 amide bonds. The first-order chi connectivity index (χ1) is 8.97. The molecule has 0 saturated heterocycles. The third-order valence-electron chi connectivity index (χ3n) is 2.49. The topological polar surface area (TPSA) is 68.2 Å². The van der Waals surface area contributed by atoms with Crippen molar-refractivity contribution in [3.05, 3.63) is 32.6 Å². The Balaban J connectivity index is 2.28. The van der Waals surface area contributed by atoms with Crippen molar-refractivity contribution in [1.82, 2.24) is 15.0 Å². The average molecular weight is 393 g/mol. The van der Waals surface area contributed by atoms with Gasteiger partial charge in [0.1, 0.15) is 0 Å². The molecule has 0 fully saturated rings. The van der Waals surface area contributed by atoms with Crippen LogP contribution in [0.25, 0.3) is 11.5 Å². The molecule has 102 valence electrons. The molecular formula is C12H14ClIN4O. The number of nitrogens with two attached hydrogens (primary N) is 1. The van der Waals surface area contributed by atoms with Crippen LogP contribution in [-0.4, -0.2) is 35.7 Å². The summed E-state index contributed by atoms with van der Waals surface area (Å²) in [5.41, 5.74) is 6.82. The van der Waals surface area contributed by atoms with E-state index in [2.05, 4.69) is 32.7 Å². The van der Waals surface area contributed by atoms with Crippen molar-refractivity contribution < 1.29 is 4.52 Å². The predicted molar refractivity (Wildman–Crippen MR) is 82.9 cm³/mol. The Labute approximate surface area is 130 Å². The van der Waals surface area contributed by atoms with Crippen molar-refractivity contribution in [2.24, 2.45) is 5.73 Å². The molecule has 0 aliphatic rings. The largest absolute Gasteiger partial charge is 0.334 e. The van der Waals surface area contributed by atoms with E-state index in [4.69, 9.17) is 21.9 Å². The van der Waals surface area contributed by atoms with Gasteiger partial charge in [-0.1, -0.05) is 16.8 Å². The lowest BCUT2D eigenvalue weighted by atomic mass is 10.2. The van der Waals surface area contributed by atoms with Crippen molar-refractivity contribution in [2.75, 3.05) is 20.6 Å². The van der Waals surface area contributed by atoms with Crippen molar-refractivity contribution in [2.45, 2.75) is 6.04 Å². The molecule has 0 spiro atoms. The second-order valence-electron chi connectivity index (χ2n) is 4.45. The maximum absolute atomic E-state index is 6.00. The minimum atomic E-state index is -0.274. The Morgan fingerprint density at radius 2 is 2.21 bits per heavy atom. The number of nitrogens with zero attached hydrogens (tertiary/aromatic N) is 3. The normalized spacial score (nSPS) is 12.9. The number of hydrogen-bond donors (Lipinski definition) is 1. The molecule has 1 atom stereocenters. The lowest BCUT2D eigenvalue weighted by Crippen LogP contribution is -2.26. The molecule has 1 unspecified atom stereocenters. The van der Waals surface area contributed by atoms with Crippen molar-refractivity contribution in [3.63, 3.8) is 0 Å². The van der Waals surface area contributed by atoms with Crippen LogP contribution < -0.4 is 5.73 Å². The van der Waals surface area contributed by atoms with Gasteiger partial charge in [-0.25, -0.2) is 0 Å². The highest BCUT2D eigenvalue weighted by Gasteiger charge is 2.17. The molecular weight excluding hydrogens is 379 g/mol. The molecule has 0 aliphatic heterocycles. The van der Waals surface area contributed by atoms with Gasteiger partial charge in [-0.3, -0.25) is 0 Å². The van der Waals surface area contributed by atoms with Crippen LogP contribution in [-0.2, 0) is 0 Å². The molecule has 2 N–H and O–H groups in total. The third kappa shape index (κ3) is 3.65. The molecule has 1 aromatic carbocycles. The van der Waals surface area contributed by atoms with Gasteiger partial charge in [-0.2, -0.15) is 4.98 Å². The number of rotatable bonds is 4. The monoisotopic (exact) mass is 392 g/mol. The van der Waals surface area contributed by atoms with Crippen LogP contribution in [0.2, 0.25) is 5.02 Å². The molecule has 0 radical (unpaired) electrons. The van der Waals surface area contributed by atoms with E-state index in [0.717, 1.165) is 9.13 Å². The van der Waals surface area contributed by atoms with Gasteiger partial charge < -0.3 is 15.2 Å². The van der Waals surface area contributed by atoms with E-state index in [1.165, 1.54) is 0 Å². The fourth-order valence-corrected chi connectivity index (χ4v) is 2.37. The highest BCUT2D eigenvalue weighted by molar-refractivity contribution is 14.1. The maximum atomic E-state index is 6.00. The van der Waals surface area contributed by atoms with E-state index in [1.807, 2.05) is 31.1 Å². The minimum absolute atomic E-state index is 0.274. The van der Waals surface area contributed by atoms with Crippen molar-refractivity contribution >= 4 is 34.2 Å². The average Bonchev–Trinajstić information content (AvgIpc) is 2.80. The zero-order chi connectivity index (χ0) is 14.0. The quantitative estimate of drug-likeness (QED) is 0.810. The van der Waals surface area contributed by atoms with Crippen LogP contribution in [0.5, 0.6) is 0 Å². The predicted octanol–water partition coefficient (Wildman–Crippen LogP) is 2.56. The number of benzene rings is 1. The maximum Gasteiger partial charge on any atom is 0.259 e. The van der Waals surface area contributed by atoms with Crippen LogP contribution >= 0.6 is 34.2 Å². The first-order valence-corrected chi connectivity index (χ1v) is 7.12.